The first-order chi connectivity index (χ1) is 12.8. The number of nitrogens with one attached hydrogen (secondary N) is 1. The molecule has 26 heavy (non-hydrogen) atoms. The molecule has 1 N–H and O–H groups in total. The van der Waals surface area contributed by atoms with E-state index in [2.05, 4.69) is 20.2 Å². The lowest BCUT2D eigenvalue weighted by Gasteiger charge is -2.26. The number of likely N-dealkylation sites (tertiary alicyclic amines) is 1. The summed E-state index contributed by atoms with van der Waals surface area (Å²) in [6.45, 7) is 4.14. The number of piperidine rings is 1. The average Bonchev–Trinajstić information content (AvgIpc) is 2.69. The van der Waals surface area contributed by atoms with Gasteiger partial charge in [-0.15, -0.1) is 0 Å². The van der Waals surface area contributed by atoms with E-state index < -0.39 is 0 Å². The standard InChI is InChI=1S/C20H23N5O/c26-18-10-9-16-15-22-20(21-11-14-24-12-5-2-6-13-24)23-19(16)25(18)17-7-3-1-4-8-17/h1,3-4,7-10,15H,2,5-6,11-14H2,(H,21,22,23). The van der Waals surface area contributed by atoms with E-state index in [0.717, 1.165) is 24.2 Å². The number of anilines is 1. The van der Waals surface area contributed by atoms with Gasteiger partial charge < -0.3 is 10.2 Å². The van der Waals surface area contributed by atoms with E-state index in [4.69, 9.17) is 0 Å². The molecule has 0 radical (unpaired) electrons. The van der Waals surface area contributed by atoms with Crippen molar-refractivity contribution in [3.8, 4) is 5.69 Å². The van der Waals surface area contributed by atoms with Crippen molar-refractivity contribution in [2.24, 2.45) is 0 Å². The maximum Gasteiger partial charge on any atom is 0.256 e. The highest BCUT2D eigenvalue weighted by Gasteiger charge is 2.11. The highest BCUT2D eigenvalue weighted by Crippen LogP contribution is 2.15. The van der Waals surface area contributed by atoms with Gasteiger partial charge in [0.25, 0.3) is 5.56 Å². The van der Waals surface area contributed by atoms with Crippen molar-refractivity contribution >= 4 is 17.0 Å². The minimum Gasteiger partial charge on any atom is -0.353 e. The first-order valence-electron chi connectivity index (χ1n) is 9.22. The van der Waals surface area contributed by atoms with E-state index in [-0.39, 0.29) is 5.56 Å². The molecule has 6 nitrogen and oxygen atoms in total. The van der Waals surface area contributed by atoms with Crippen LogP contribution in [0.2, 0.25) is 0 Å². The second-order valence-corrected chi connectivity index (χ2v) is 6.64. The van der Waals surface area contributed by atoms with Gasteiger partial charge in [-0.3, -0.25) is 9.36 Å². The monoisotopic (exact) mass is 349 g/mol. The molecule has 1 saturated heterocycles. The number of aromatic nitrogens is 3. The summed E-state index contributed by atoms with van der Waals surface area (Å²) >= 11 is 0. The summed E-state index contributed by atoms with van der Waals surface area (Å²) in [5.41, 5.74) is 1.34. The summed E-state index contributed by atoms with van der Waals surface area (Å²) in [6.07, 6.45) is 5.69. The summed E-state index contributed by atoms with van der Waals surface area (Å²) in [5.74, 6) is 0.560. The third-order valence-corrected chi connectivity index (χ3v) is 4.81. The molecule has 0 amide bonds. The zero-order valence-electron chi connectivity index (χ0n) is 14.8. The molecule has 0 atom stereocenters. The number of hydrogen-bond donors (Lipinski definition) is 1. The van der Waals surface area contributed by atoms with Crippen LogP contribution in [-0.2, 0) is 0 Å². The van der Waals surface area contributed by atoms with E-state index in [9.17, 15) is 4.79 Å². The van der Waals surface area contributed by atoms with Crippen molar-refractivity contribution in [2.45, 2.75) is 19.3 Å². The van der Waals surface area contributed by atoms with Crippen LogP contribution in [0, 0.1) is 0 Å². The van der Waals surface area contributed by atoms with Crippen LogP contribution in [0.25, 0.3) is 16.7 Å². The molecule has 4 rings (SSSR count). The Labute approximate surface area is 152 Å². The van der Waals surface area contributed by atoms with Crippen LogP contribution in [0.3, 0.4) is 0 Å². The summed E-state index contributed by atoms with van der Waals surface area (Å²) < 4.78 is 1.63. The molecule has 1 aromatic carbocycles. The summed E-state index contributed by atoms with van der Waals surface area (Å²) in [4.78, 5) is 23.9. The van der Waals surface area contributed by atoms with Crippen LogP contribution in [-0.4, -0.2) is 45.6 Å². The summed E-state index contributed by atoms with van der Waals surface area (Å²) in [5, 5.41) is 4.15. The van der Waals surface area contributed by atoms with Crippen molar-refractivity contribution in [3.05, 3.63) is 59.0 Å². The maximum absolute atomic E-state index is 12.4. The van der Waals surface area contributed by atoms with E-state index in [0.29, 0.717) is 11.6 Å². The molecule has 1 aliphatic rings. The molecular formula is C20H23N5O. The highest BCUT2D eigenvalue weighted by atomic mass is 16.1. The van der Waals surface area contributed by atoms with Gasteiger partial charge in [-0.25, -0.2) is 4.98 Å². The first kappa shape index (κ1) is 16.7. The number of nitrogens with zero attached hydrogens (tertiary/aromatic N) is 4. The molecule has 0 spiro atoms. The molecule has 3 heterocycles. The van der Waals surface area contributed by atoms with Gasteiger partial charge in [0.05, 0.1) is 5.69 Å². The normalized spacial score (nSPS) is 15.2. The Kier molecular flexibility index (Phi) is 4.93. The lowest BCUT2D eigenvalue weighted by Crippen LogP contribution is -2.33. The number of fused-ring (bicyclic) bond motifs is 1. The van der Waals surface area contributed by atoms with Gasteiger partial charge in [0, 0.05) is 30.7 Å². The molecular weight excluding hydrogens is 326 g/mol. The van der Waals surface area contributed by atoms with Crippen LogP contribution in [0.5, 0.6) is 0 Å². The fourth-order valence-electron chi connectivity index (χ4n) is 3.44. The highest BCUT2D eigenvalue weighted by molar-refractivity contribution is 5.76. The van der Waals surface area contributed by atoms with Crippen molar-refractivity contribution in [1.82, 2.24) is 19.4 Å². The smallest absolute Gasteiger partial charge is 0.256 e. The number of rotatable bonds is 5. The molecule has 0 saturated carbocycles. The quantitative estimate of drug-likeness (QED) is 0.767. The molecule has 0 aliphatic carbocycles. The summed E-state index contributed by atoms with van der Waals surface area (Å²) in [6, 6.07) is 12.9. The molecule has 1 fully saturated rings. The molecule has 6 heteroatoms. The Bertz CT molecular complexity index is 932. The van der Waals surface area contributed by atoms with E-state index in [1.165, 1.54) is 32.4 Å². The van der Waals surface area contributed by atoms with Crippen LogP contribution < -0.4 is 10.9 Å². The topological polar surface area (TPSA) is 63.1 Å². The molecule has 3 aromatic rings. The third kappa shape index (κ3) is 3.60. The van der Waals surface area contributed by atoms with Gasteiger partial charge in [-0.1, -0.05) is 24.6 Å². The Balaban J connectivity index is 1.58. The van der Waals surface area contributed by atoms with Gasteiger partial charge in [-0.2, -0.15) is 4.98 Å². The van der Waals surface area contributed by atoms with Crippen LogP contribution in [0.15, 0.2) is 53.5 Å². The number of pyridine rings is 1. The largest absolute Gasteiger partial charge is 0.353 e. The Hall–Kier alpha value is -2.73. The fraction of sp³-hybridized carbons (Fsp3) is 0.350. The van der Waals surface area contributed by atoms with Crippen molar-refractivity contribution in [1.29, 1.82) is 0 Å². The molecule has 0 bridgehead atoms. The first-order valence-corrected chi connectivity index (χ1v) is 9.22. The van der Waals surface area contributed by atoms with Crippen molar-refractivity contribution in [2.75, 3.05) is 31.5 Å². The molecule has 0 unspecified atom stereocenters. The lowest BCUT2D eigenvalue weighted by atomic mass is 10.1. The fourth-order valence-corrected chi connectivity index (χ4v) is 3.44. The predicted octanol–water partition coefficient (Wildman–Crippen LogP) is 2.68. The summed E-state index contributed by atoms with van der Waals surface area (Å²) in [7, 11) is 0. The Morgan fingerprint density at radius 2 is 1.81 bits per heavy atom. The van der Waals surface area contributed by atoms with Gasteiger partial charge in [-0.05, 0) is 44.1 Å². The van der Waals surface area contributed by atoms with Crippen LogP contribution in [0.1, 0.15) is 19.3 Å². The average molecular weight is 349 g/mol. The number of benzene rings is 1. The van der Waals surface area contributed by atoms with Gasteiger partial charge in [0.15, 0.2) is 5.65 Å². The predicted molar refractivity (Wildman–Crippen MR) is 104 cm³/mol. The second-order valence-electron chi connectivity index (χ2n) is 6.64. The van der Waals surface area contributed by atoms with Gasteiger partial charge in [0.1, 0.15) is 0 Å². The van der Waals surface area contributed by atoms with Crippen LogP contribution >= 0.6 is 0 Å². The van der Waals surface area contributed by atoms with Crippen molar-refractivity contribution < 1.29 is 0 Å². The maximum atomic E-state index is 12.4. The second kappa shape index (κ2) is 7.66. The van der Waals surface area contributed by atoms with E-state index >= 15 is 0 Å². The third-order valence-electron chi connectivity index (χ3n) is 4.81. The van der Waals surface area contributed by atoms with E-state index in [1.807, 2.05) is 30.3 Å². The zero-order valence-corrected chi connectivity index (χ0v) is 14.8. The molecule has 2 aromatic heterocycles. The molecule has 134 valence electrons. The van der Waals surface area contributed by atoms with Crippen LogP contribution in [0.4, 0.5) is 5.95 Å². The minimum atomic E-state index is -0.0957. The Morgan fingerprint density at radius 3 is 2.62 bits per heavy atom. The minimum absolute atomic E-state index is 0.0957. The number of hydrogen-bond acceptors (Lipinski definition) is 5. The molecule has 1 aliphatic heterocycles. The lowest BCUT2D eigenvalue weighted by molar-refractivity contribution is 0.237. The Morgan fingerprint density at radius 1 is 1.00 bits per heavy atom. The number of para-hydroxylation sites is 1. The van der Waals surface area contributed by atoms with E-state index in [1.54, 1.807) is 22.9 Å². The SMILES string of the molecule is O=c1ccc2cnc(NCCN3CCCCC3)nc2n1-c1ccccc1. The zero-order chi connectivity index (χ0) is 17.8. The van der Waals surface area contributed by atoms with Gasteiger partial charge in [0.2, 0.25) is 5.95 Å². The van der Waals surface area contributed by atoms with Crippen molar-refractivity contribution in [3.63, 3.8) is 0 Å². The van der Waals surface area contributed by atoms with Gasteiger partial charge >= 0.3 is 0 Å².